The van der Waals surface area contributed by atoms with Crippen LogP contribution in [0.25, 0.3) is 16.9 Å². The van der Waals surface area contributed by atoms with Gasteiger partial charge in [0.1, 0.15) is 28.6 Å². The largest absolute Gasteiger partial charge is 0.508 e. The molecule has 42 heavy (non-hydrogen) atoms. The second kappa shape index (κ2) is 9.49. The number of carbonyl (C=O) groups excluding carboxylic acids is 4. The predicted octanol–water partition coefficient (Wildman–Crippen LogP) is 4.99. The van der Waals surface area contributed by atoms with Crippen LogP contribution in [-0.4, -0.2) is 49.2 Å². The molecule has 0 aromatic heterocycles. The van der Waals surface area contributed by atoms with Gasteiger partial charge in [-0.2, -0.15) is 0 Å². The molecule has 0 amide bonds. The van der Waals surface area contributed by atoms with Gasteiger partial charge < -0.3 is 20.4 Å². The Kier molecular flexibility index (Phi) is 6.66. The molecule has 4 N–H and O–H groups in total. The first-order valence-corrected chi connectivity index (χ1v) is 14.1. The molecule has 0 saturated heterocycles. The normalized spacial score (nSPS) is 28.9. The molecule has 1 fully saturated rings. The molecular weight excluding hydrogens is 536 g/mol. The fraction of sp³-hybridized carbons (Fsp3) is 0.412. The topological polar surface area (TPSA) is 149 Å². The highest BCUT2D eigenvalue weighted by atomic mass is 16.3. The molecule has 3 aliphatic carbocycles. The highest BCUT2D eigenvalue weighted by molar-refractivity contribution is 6.24. The fourth-order valence-electron chi connectivity index (χ4n) is 8.12. The van der Waals surface area contributed by atoms with Crippen LogP contribution in [0.1, 0.15) is 64.7 Å². The van der Waals surface area contributed by atoms with Crippen LogP contribution in [0.15, 0.2) is 53.3 Å². The zero-order valence-electron chi connectivity index (χ0n) is 24.7. The number of Topliss-reactive ketones (excluding diaryl/α,β-unsaturated/α-hetero) is 4. The van der Waals surface area contributed by atoms with Gasteiger partial charge in [0.05, 0.1) is 5.56 Å². The smallest absolute Gasteiger partial charge is 0.203 e. The molecule has 0 bridgehead atoms. The van der Waals surface area contributed by atoms with Crippen molar-refractivity contribution in [3.63, 3.8) is 0 Å². The summed E-state index contributed by atoms with van der Waals surface area (Å²) in [6.45, 7) is 9.50. The van der Waals surface area contributed by atoms with Crippen LogP contribution in [0, 0.1) is 22.7 Å². The first kappa shape index (κ1) is 29.5. The van der Waals surface area contributed by atoms with E-state index >= 15 is 0 Å². The number of benzene rings is 2. The van der Waals surface area contributed by atoms with E-state index in [1.807, 2.05) is 24.3 Å². The van der Waals surface area contributed by atoms with E-state index in [1.54, 1.807) is 33.8 Å². The molecular formula is C34H36O8. The number of aliphatic hydroxyl groups excluding tert-OH is 2. The maximum Gasteiger partial charge on any atom is 0.203 e. The molecule has 2 aromatic rings. The molecule has 3 aliphatic rings. The lowest BCUT2D eigenvalue weighted by Crippen LogP contribution is -2.69. The molecule has 0 radical (unpaired) electrons. The van der Waals surface area contributed by atoms with E-state index in [1.165, 1.54) is 13.0 Å². The van der Waals surface area contributed by atoms with E-state index in [2.05, 4.69) is 0 Å². The Labute approximate surface area is 244 Å². The van der Waals surface area contributed by atoms with Crippen LogP contribution < -0.4 is 0 Å². The summed E-state index contributed by atoms with van der Waals surface area (Å²) < 4.78 is 0. The number of hydrogen-bond donors (Lipinski definition) is 4. The summed E-state index contributed by atoms with van der Waals surface area (Å²) in [5, 5.41) is 46.1. The van der Waals surface area contributed by atoms with E-state index in [4.69, 9.17) is 0 Å². The lowest BCUT2D eigenvalue weighted by atomic mass is 9.43. The molecule has 1 unspecified atom stereocenters. The van der Waals surface area contributed by atoms with Crippen molar-refractivity contribution in [2.24, 2.45) is 22.7 Å². The highest BCUT2D eigenvalue weighted by Gasteiger charge is 2.72. The van der Waals surface area contributed by atoms with Gasteiger partial charge in [-0.15, -0.1) is 0 Å². The summed E-state index contributed by atoms with van der Waals surface area (Å²) >= 11 is 0. The third-order valence-corrected chi connectivity index (χ3v) is 9.58. The molecule has 8 nitrogen and oxygen atoms in total. The summed E-state index contributed by atoms with van der Waals surface area (Å²) in [5.74, 6) is -5.52. The van der Waals surface area contributed by atoms with Crippen molar-refractivity contribution < 1.29 is 39.6 Å². The van der Waals surface area contributed by atoms with Crippen molar-refractivity contribution in [2.45, 2.75) is 66.4 Å². The number of carbonyl (C=O) groups is 4. The first-order chi connectivity index (χ1) is 19.5. The Morgan fingerprint density at radius 3 is 2.29 bits per heavy atom. The monoisotopic (exact) mass is 572 g/mol. The molecule has 0 heterocycles. The second-order valence-electron chi connectivity index (χ2n) is 13.0. The average Bonchev–Trinajstić information content (AvgIpc) is 2.85. The Hall–Kier alpha value is -4.04. The van der Waals surface area contributed by atoms with Crippen molar-refractivity contribution in [2.75, 3.05) is 0 Å². The highest BCUT2D eigenvalue weighted by Crippen LogP contribution is 2.65. The first-order valence-electron chi connectivity index (χ1n) is 14.1. The van der Waals surface area contributed by atoms with Gasteiger partial charge >= 0.3 is 0 Å². The lowest BCUT2D eigenvalue weighted by Gasteiger charge is -2.59. The number of aliphatic hydroxyl groups is 3. The van der Waals surface area contributed by atoms with Gasteiger partial charge in [-0.3, -0.25) is 19.2 Å². The van der Waals surface area contributed by atoms with E-state index in [0.29, 0.717) is 11.1 Å². The fourth-order valence-corrected chi connectivity index (χ4v) is 8.12. The van der Waals surface area contributed by atoms with Crippen molar-refractivity contribution in [1.29, 1.82) is 0 Å². The summed E-state index contributed by atoms with van der Waals surface area (Å²) in [7, 11) is 0. The zero-order valence-corrected chi connectivity index (χ0v) is 24.7. The molecule has 220 valence electrons. The maximum atomic E-state index is 14.4. The van der Waals surface area contributed by atoms with Crippen molar-refractivity contribution in [3.05, 3.63) is 70.0 Å². The third kappa shape index (κ3) is 3.84. The van der Waals surface area contributed by atoms with Crippen LogP contribution in [-0.2, 0) is 32.0 Å². The lowest BCUT2D eigenvalue weighted by molar-refractivity contribution is -0.178. The number of hydrogen-bond acceptors (Lipinski definition) is 8. The van der Waals surface area contributed by atoms with E-state index in [0.717, 1.165) is 18.1 Å². The summed E-state index contributed by atoms with van der Waals surface area (Å²) in [5.41, 5.74) is -3.17. The number of rotatable bonds is 5. The van der Waals surface area contributed by atoms with Crippen molar-refractivity contribution >= 4 is 28.9 Å². The SMILES string of the molecule is CC(=O)Cc1cccc(-c2ccc(O)c3c2C[C@]2(C)C[C@]4(C)C(C(C)C)C(=O)C(C(C)=O)=C(O)[C@]4(O)C(=O)C2=C3O)c1. The zero-order chi connectivity index (χ0) is 31.1. The van der Waals surface area contributed by atoms with Crippen LogP contribution in [0.5, 0.6) is 5.75 Å². The Bertz CT molecular complexity index is 1660. The van der Waals surface area contributed by atoms with E-state index in [-0.39, 0.29) is 41.9 Å². The number of phenols is 1. The van der Waals surface area contributed by atoms with Gasteiger partial charge in [-0.05, 0) is 60.9 Å². The Morgan fingerprint density at radius 2 is 1.69 bits per heavy atom. The van der Waals surface area contributed by atoms with Crippen LogP contribution in [0.3, 0.4) is 0 Å². The molecule has 1 saturated carbocycles. The Morgan fingerprint density at radius 1 is 1.02 bits per heavy atom. The van der Waals surface area contributed by atoms with Crippen LogP contribution >= 0.6 is 0 Å². The third-order valence-electron chi connectivity index (χ3n) is 9.58. The van der Waals surface area contributed by atoms with Crippen molar-refractivity contribution in [1.82, 2.24) is 0 Å². The van der Waals surface area contributed by atoms with Gasteiger partial charge in [0.15, 0.2) is 17.2 Å². The predicted molar refractivity (Wildman–Crippen MR) is 156 cm³/mol. The van der Waals surface area contributed by atoms with Gasteiger partial charge in [-0.1, -0.05) is 58.0 Å². The molecule has 4 atom stereocenters. The van der Waals surface area contributed by atoms with Gasteiger partial charge in [0.25, 0.3) is 0 Å². The summed E-state index contributed by atoms with van der Waals surface area (Å²) in [6, 6.07) is 10.5. The molecule has 5 rings (SSSR count). The summed E-state index contributed by atoms with van der Waals surface area (Å²) in [4.78, 5) is 52.4. The summed E-state index contributed by atoms with van der Waals surface area (Å²) in [6.07, 6.45) is 0.434. The van der Waals surface area contributed by atoms with Gasteiger partial charge in [0.2, 0.25) is 5.78 Å². The Balaban J connectivity index is 1.79. The minimum absolute atomic E-state index is 0.00559. The molecule has 8 heteroatoms. The number of fused-ring (bicyclic) bond motifs is 3. The molecule has 0 spiro atoms. The van der Waals surface area contributed by atoms with Crippen LogP contribution in [0.2, 0.25) is 0 Å². The van der Waals surface area contributed by atoms with Crippen LogP contribution in [0.4, 0.5) is 0 Å². The van der Waals surface area contributed by atoms with E-state index in [9.17, 15) is 39.6 Å². The van der Waals surface area contributed by atoms with Gasteiger partial charge in [-0.25, -0.2) is 0 Å². The molecule has 2 aromatic carbocycles. The van der Waals surface area contributed by atoms with Gasteiger partial charge in [0, 0.05) is 28.7 Å². The number of ketones is 4. The standard InChI is InChI=1S/C34H36O8/c1-16(2)26-28(38)24(18(4)36)30(40)34(42)31(41)27-29(39)25-22(14-32(27,5)15-33(26,34)6)21(10-11-23(25)37)20-9-7-8-19(13-20)12-17(3)35/h7-11,13,16,26,37,39-40,42H,12,14-15H2,1-6H3/t26?,32-,33-,34+/m1/s1. The minimum Gasteiger partial charge on any atom is -0.508 e. The minimum atomic E-state index is -2.65. The quantitative estimate of drug-likeness (QED) is 0.366. The average molecular weight is 573 g/mol. The second-order valence-corrected chi connectivity index (χ2v) is 13.0. The maximum absolute atomic E-state index is 14.4. The van der Waals surface area contributed by atoms with E-state index < -0.39 is 62.7 Å². The van der Waals surface area contributed by atoms with Crippen molar-refractivity contribution in [3.8, 4) is 16.9 Å². The number of aromatic hydroxyl groups is 1. The number of phenolic OH excluding ortho intramolecular Hbond substituents is 1. The molecule has 0 aliphatic heterocycles. The number of allylic oxidation sites excluding steroid dienone is 1.